The number of nitrogens with zero attached hydrogens (tertiary/aromatic N) is 1. The van der Waals surface area contributed by atoms with Crippen molar-refractivity contribution in [2.24, 2.45) is 0 Å². The zero-order valence-corrected chi connectivity index (χ0v) is 13.3. The smallest absolute Gasteiger partial charge is 0.258 e. The minimum atomic E-state index is -0.266. The molecule has 0 heterocycles. The monoisotopic (exact) mass is 326 g/mol. The summed E-state index contributed by atoms with van der Waals surface area (Å²) in [6.07, 6.45) is 0. The number of hydrogen-bond acceptors (Lipinski definition) is 5. The van der Waals surface area contributed by atoms with Gasteiger partial charge in [0.25, 0.3) is 5.91 Å². The zero-order chi connectivity index (χ0) is 17.2. The van der Waals surface area contributed by atoms with Gasteiger partial charge in [0.05, 0.1) is 25.3 Å². The van der Waals surface area contributed by atoms with Crippen molar-refractivity contribution in [3.63, 3.8) is 0 Å². The van der Waals surface area contributed by atoms with Gasteiger partial charge in [-0.2, -0.15) is 5.26 Å². The topological polar surface area (TPSA) is 80.6 Å². The Morgan fingerprint density at radius 2 is 1.92 bits per heavy atom. The maximum atomic E-state index is 11.8. The van der Waals surface area contributed by atoms with E-state index in [0.717, 1.165) is 5.75 Å². The third kappa shape index (κ3) is 5.21. The summed E-state index contributed by atoms with van der Waals surface area (Å²) in [4.78, 5) is 11.8. The van der Waals surface area contributed by atoms with E-state index in [4.69, 9.17) is 19.5 Å². The van der Waals surface area contributed by atoms with E-state index in [1.165, 1.54) is 7.11 Å². The molecule has 1 N–H and O–H groups in total. The Morgan fingerprint density at radius 1 is 1.12 bits per heavy atom. The Labute approximate surface area is 140 Å². The van der Waals surface area contributed by atoms with Crippen LogP contribution in [0.2, 0.25) is 0 Å². The number of para-hydroxylation sites is 1. The van der Waals surface area contributed by atoms with Gasteiger partial charge < -0.3 is 19.5 Å². The van der Waals surface area contributed by atoms with Gasteiger partial charge in [0.15, 0.2) is 18.1 Å². The van der Waals surface area contributed by atoms with Crippen LogP contribution in [0.25, 0.3) is 0 Å². The van der Waals surface area contributed by atoms with E-state index in [2.05, 4.69) is 5.32 Å². The quantitative estimate of drug-likeness (QED) is 0.752. The molecule has 0 aliphatic heterocycles. The largest absolute Gasteiger partial charge is 0.493 e. The average molecular weight is 326 g/mol. The van der Waals surface area contributed by atoms with Crippen LogP contribution < -0.4 is 19.5 Å². The van der Waals surface area contributed by atoms with Crippen LogP contribution in [0.3, 0.4) is 0 Å². The van der Waals surface area contributed by atoms with Crippen LogP contribution in [0.1, 0.15) is 5.56 Å². The second kappa shape index (κ2) is 9.06. The van der Waals surface area contributed by atoms with Gasteiger partial charge in [-0.15, -0.1) is 0 Å². The molecule has 1 amide bonds. The van der Waals surface area contributed by atoms with E-state index in [9.17, 15) is 4.79 Å². The lowest BCUT2D eigenvalue weighted by atomic mass is 10.2. The van der Waals surface area contributed by atoms with Gasteiger partial charge in [-0.25, -0.2) is 0 Å². The molecule has 2 aromatic rings. The summed E-state index contributed by atoms with van der Waals surface area (Å²) < 4.78 is 16.0. The minimum absolute atomic E-state index is 0.145. The van der Waals surface area contributed by atoms with Crippen molar-refractivity contribution in [2.45, 2.75) is 0 Å². The van der Waals surface area contributed by atoms with Crippen molar-refractivity contribution in [1.82, 2.24) is 5.32 Å². The molecule has 0 spiro atoms. The second-order valence-electron chi connectivity index (χ2n) is 4.78. The van der Waals surface area contributed by atoms with Gasteiger partial charge in [-0.1, -0.05) is 18.2 Å². The van der Waals surface area contributed by atoms with Crippen LogP contribution >= 0.6 is 0 Å². The van der Waals surface area contributed by atoms with Crippen LogP contribution in [0.15, 0.2) is 48.5 Å². The average Bonchev–Trinajstić information content (AvgIpc) is 2.64. The number of rotatable bonds is 8. The van der Waals surface area contributed by atoms with Crippen LogP contribution in [0.5, 0.6) is 17.2 Å². The fraction of sp³-hybridized carbons (Fsp3) is 0.222. The Morgan fingerprint density at radius 3 is 2.62 bits per heavy atom. The van der Waals surface area contributed by atoms with Crippen LogP contribution in [0.4, 0.5) is 0 Å². The number of nitriles is 1. The standard InChI is InChI=1S/C18H18N2O4/c1-22-17-11-14(12-19)7-8-16(17)24-13-18(21)20-9-10-23-15-5-3-2-4-6-15/h2-8,11H,9-10,13H2,1H3,(H,20,21). The van der Waals surface area contributed by atoms with Crippen molar-refractivity contribution < 1.29 is 19.0 Å². The Hall–Kier alpha value is -3.20. The molecule has 2 rings (SSSR count). The van der Waals surface area contributed by atoms with Gasteiger partial charge in [-0.05, 0) is 24.3 Å². The van der Waals surface area contributed by atoms with Gasteiger partial charge in [0.2, 0.25) is 0 Å². The number of carbonyl (C=O) groups excluding carboxylic acids is 1. The maximum Gasteiger partial charge on any atom is 0.258 e. The van der Waals surface area contributed by atoms with E-state index in [-0.39, 0.29) is 12.5 Å². The molecule has 6 heteroatoms. The normalized spacial score (nSPS) is 9.67. The number of ether oxygens (including phenoxy) is 3. The van der Waals surface area contributed by atoms with Crippen LogP contribution in [-0.2, 0) is 4.79 Å². The first-order valence-corrected chi connectivity index (χ1v) is 7.38. The summed E-state index contributed by atoms with van der Waals surface area (Å²) in [5.41, 5.74) is 0.460. The van der Waals surface area contributed by atoms with Crippen molar-refractivity contribution in [3.8, 4) is 23.3 Å². The molecule has 0 aromatic heterocycles. The second-order valence-corrected chi connectivity index (χ2v) is 4.78. The van der Waals surface area contributed by atoms with Crippen LogP contribution in [-0.4, -0.2) is 32.8 Å². The van der Waals surface area contributed by atoms with Gasteiger partial charge >= 0.3 is 0 Å². The number of amides is 1. The molecule has 0 radical (unpaired) electrons. The summed E-state index contributed by atoms with van der Waals surface area (Å²) in [6, 6.07) is 16.1. The Bertz CT molecular complexity index is 711. The SMILES string of the molecule is COc1cc(C#N)ccc1OCC(=O)NCCOc1ccccc1. The molecule has 0 saturated heterocycles. The summed E-state index contributed by atoms with van der Waals surface area (Å²) in [5.74, 6) is 1.31. The lowest BCUT2D eigenvalue weighted by Crippen LogP contribution is -2.32. The molecular weight excluding hydrogens is 308 g/mol. The third-order valence-corrected chi connectivity index (χ3v) is 3.09. The fourth-order valence-electron chi connectivity index (χ4n) is 1.93. The fourth-order valence-corrected chi connectivity index (χ4v) is 1.93. The molecular formula is C18H18N2O4. The van der Waals surface area contributed by atoms with E-state index in [1.807, 2.05) is 36.4 Å². The molecule has 0 aliphatic carbocycles. The molecule has 2 aromatic carbocycles. The summed E-state index contributed by atoms with van der Waals surface area (Å²) in [6.45, 7) is 0.602. The van der Waals surface area contributed by atoms with Gasteiger partial charge in [0.1, 0.15) is 12.4 Å². The lowest BCUT2D eigenvalue weighted by molar-refractivity contribution is -0.123. The molecule has 0 bridgehead atoms. The van der Waals surface area contributed by atoms with Crippen molar-refractivity contribution in [3.05, 3.63) is 54.1 Å². The predicted molar refractivity (Wildman–Crippen MR) is 88.2 cm³/mol. The number of carbonyl (C=O) groups is 1. The summed E-state index contributed by atoms with van der Waals surface area (Å²) in [7, 11) is 1.48. The molecule has 0 saturated carbocycles. The highest BCUT2D eigenvalue weighted by Gasteiger charge is 2.08. The highest BCUT2D eigenvalue weighted by Crippen LogP contribution is 2.27. The highest BCUT2D eigenvalue weighted by molar-refractivity contribution is 5.77. The van der Waals surface area contributed by atoms with E-state index in [0.29, 0.717) is 30.2 Å². The number of methoxy groups -OCH3 is 1. The number of nitrogens with one attached hydrogen (secondary N) is 1. The van der Waals surface area contributed by atoms with E-state index in [1.54, 1.807) is 18.2 Å². The molecule has 124 valence electrons. The zero-order valence-electron chi connectivity index (χ0n) is 13.3. The van der Waals surface area contributed by atoms with Gasteiger partial charge in [-0.3, -0.25) is 4.79 Å². The van der Waals surface area contributed by atoms with Crippen LogP contribution in [0, 0.1) is 11.3 Å². The van der Waals surface area contributed by atoms with E-state index >= 15 is 0 Å². The maximum absolute atomic E-state index is 11.8. The predicted octanol–water partition coefficient (Wildman–Crippen LogP) is 2.14. The summed E-state index contributed by atoms with van der Waals surface area (Å²) in [5, 5.41) is 11.5. The molecule has 0 unspecified atom stereocenters. The first-order chi connectivity index (χ1) is 11.7. The number of benzene rings is 2. The van der Waals surface area contributed by atoms with E-state index < -0.39 is 0 Å². The molecule has 6 nitrogen and oxygen atoms in total. The number of hydrogen-bond donors (Lipinski definition) is 1. The van der Waals surface area contributed by atoms with Crippen molar-refractivity contribution in [2.75, 3.05) is 26.9 Å². The van der Waals surface area contributed by atoms with Crippen molar-refractivity contribution >= 4 is 5.91 Å². The Balaban J connectivity index is 1.72. The first-order valence-electron chi connectivity index (χ1n) is 7.38. The minimum Gasteiger partial charge on any atom is -0.493 e. The lowest BCUT2D eigenvalue weighted by Gasteiger charge is -2.11. The Kier molecular flexibility index (Phi) is 6.47. The van der Waals surface area contributed by atoms with Crippen molar-refractivity contribution in [1.29, 1.82) is 5.26 Å². The first kappa shape index (κ1) is 17.2. The third-order valence-electron chi connectivity index (χ3n) is 3.09. The summed E-state index contributed by atoms with van der Waals surface area (Å²) >= 11 is 0. The molecule has 0 fully saturated rings. The van der Waals surface area contributed by atoms with Gasteiger partial charge in [0, 0.05) is 6.07 Å². The highest BCUT2D eigenvalue weighted by atomic mass is 16.5. The molecule has 24 heavy (non-hydrogen) atoms. The molecule has 0 atom stereocenters. The molecule has 0 aliphatic rings.